The number of likely N-dealkylation sites (N-methyl/N-ethyl adjacent to an activating group) is 1. The number of nitriles is 1. The molecule has 1 aliphatic heterocycles. The Hall–Kier alpha value is -2.35. The van der Waals surface area contributed by atoms with E-state index in [1.54, 1.807) is 0 Å². The molecule has 142 valence electrons. The number of rotatable bonds is 7. The van der Waals surface area contributed by atoms with E-state index in [4.69, 9.17) is 10.00 Å². The molecule has 0 amide bonds. The van der Waals surface area contributed by atoms with Gasteiger partial charge in [-0.05, 0) is 81.4 Å². The maximum Gasteiger partial charge on any atom is 0.122 e. The van der Waals surface area contributed by atoms with E-state index >= 15 is 0 Å². The zero-order valence-electron chi connectivity index (χ0n) is 16.6. The molecule has 2 aromatic rings. The second-order valence-electron chi connectivity index (χ2n) is 7.58. The summed E-state index contributed by atoms with van der Waals surface area (Å²) in [6.45, 7) is 6.31. The molecular weight excluding hydrogens is 334 g/mol. The van der Waals surface area contributed by atoms with Crippen LogP contribution in [0.5, 0.6) is 5.75 Å². The van der Waals surface area contributed by atoms with Crippen molar-refractivity contribution in [3.05, 3.63) is 53.6 Å². The third-order valence-electron chi connectivity index (χ3n) is 5.38. The van der Waals surface area contributed by atoms with Crippen LogP contribution in [-0.2, 0) is 0 Å². The molecule has 1 saturated heterocycles. The van der Waals surface area contributed by atoms with Crippen LogP contribution >= 0.6 is 0 Å². The van der Waals surface area contributed by atoms with E-state index in [0.717, 1.165) is 42.0 Å². The summed E-state index contributed by atoms with van der Waals surface area (Å²) >= 11 is 0. The molecule has 4 heteroatoms. The lowest BCUT2D eigenvalue weighted by Gasteiger charge is -2.20. The third-order valence-corrected chi connectivity index (χ3v) is 5.38. The van der Waals surface area contributed by atoms with Crippen LogP contribution in [0.15, 0.2) is 42.5 Å². The molecular formula is C23H29N3O. The topological polar surface area (TPSA) is 39.5 Å². The number of hydrogen-bond acceptors (Lipinski definition) is 4. The average Bonchev–Trinajstić information content (AvgIpc) is 3.15. The number of benzene rings is 2. The number of aryl methyl sites for hydroxylation is 1. The smallest absolute Gasteiger partial charge is 0.122 e. The monoisotopic (exact) mass is 363 g/mol. The van der Waals surface area contributed by atoms with Crippen molar-refractivity contribution < 1.29 is 4.74 Å². The van der Waals surface area contributed by atoms with Gasteiger partial charge in [-0.25, -0.2) is 0 Å². The van der Waals surface area contributed by atoms with E-state index in [1.807, 2.05) is 24.3 Å². The first-order valence-corrected chi connectivity index (χ1v) is 9.69. The lowest BCUT2D eigenvalue weighted by atomic mass is 10.0. The Balaban J connectivity index is 1.49. The Morgan fingerprint density at radius 2 is 1.89 bits per heavy atom. The molecule has 4 nitrogen and oxygen atoms in total. The van der Waals surface area contributed by atoms with Gasteiger partial charge in [0.1, 0.15) is 5.75 Å². The summed E-state index contributed by atoms with van der Waals surface area (Å²) < 4.78 is 6.02. The summed E-state index contributed by atoms with van der Waals surface area (Å²) in [5.41, 5.74) is 4.10. The molecule has 0 N–H and O–H groups in total. The van der Waals surface area contributed by atoms with Crippen molar-refractivity contribution in [2.24, 2.45) is 0 Å². The van der Waals surface area contributed by atoms with Crippen molar-refractivity contribution in [3.8, 4) is 22.9 Å². The SMILES string of the molecule is Cc1cc(-c2ccc(C#N)cc2)ccc1OCCCN1CC[C@@H](N(C)C)C1. The van der Waals surface area contributed by atoms with Crippen LogP contribution in [0.1, 0.15) is 24.0 Å². The molecule has 0 aliphatic carbocycles. The van der Waals surface area contributed by atoms with Gasteiger partial charge in [0, 0.05) is 19.1 Å². The quantitative estimate of drug-likeness (QED) is 0.699. The molecule has 0 bridgehead atoms. The fourth-order valence-corrected chi connectivity index (χ4v) is 3.64. The Kier molecular flexibility index (Phi) is 6.49. The molecule has 3 rings (SSSR count). The van der Waals surface area contributed by atoms with Gasteiger partial charge in [0.15, 0.2) is 0 Å². The third kappa shape index (κ3) is 5.09. The minimum absolute atomic E-state index is 0.685. The lowest BCUT2D eigenvalue weighted by molar-refractivity contribution is 0.241. The largest absolute Gasteiger partial charge is 0.493 e. The maximum atomic E-state index is 8.92. The molecule has 1 fully saturated rings. The van der Waals surface area contributed by atoms with Gasteiger partial charge in [0.25, 0.3) is 0 Å². The zero-order chi connectivity index (χ0) is 19.2. The van der Waals surface area contributed by atoms with Crippen LogP contribution < -0.4 is 4.74 Å². The molecule has 1 heterocycles. The highest BCUT2D eigenvalue weighted by Gasteiger charge is 2.23. The number of ether oxygens (including phenoxy) is 1. The molecule has 0 saturated carbocycles. The van der Waals surface area contributed by atoms with Crippen molar-refractivity contribution in [1.82, 2.24) is 9.80 Å². The van der Waals surface area contributed by atoms with Crippen LogP contribution in [0, 0.1) is 18.3 Å². The van der Waals surface area contributed by atoms with Crippen LogP contribution in [0.2, 0.25) is 0 Å². The van der Waals surface area contributed by atoms with E-state index in [1.165, 1.54) is 19.5 Å². The summed E-state index contributed by atoms with van der Waals surface area (Å²) in [4.78, 5) is 4.87. The summed E-state index contributed by atoms with van der Waals surface area (Å²) in [6, 6.07) is 16.8. The molecule has 0 radical (unpaired) electrons. The van der Waals surface area contributed by atoms with E-state index in [0.29, 0.717) is 11.6 Å². The van der Waals surface area contributed by atoms with Crippen molar-refractivity contribution in [2.45, 2.75) is 25.8 Å². The maximum absolute atomic E-state index is 8.92. The van der Waals surface area contributed by atoms with Crippen molar-refractivity contribution in [3.63, 3.8) is 0 Å². The summed E-state index contributed by atoms with van der Waals surface area (Å²) in [6.07, 6.45) is 2.32. The van der Waals surface area contributed by atoms with Gasteiger partial charge in [-0.3, -0.25) is 0 Å². The molecule has 0 aromatic heterocycles. The first-order chi connectivity index (χ1) is 13.1. The predicted molar refractivity (Wildman–Crippen MR) is 110 cm³/mol. The Morgan fingerprint density at radius 3 is 2.52 bits per heavy atom. The first-order valence-electron chi connectivity index (χ1n) is 9.69. The summed E-state index contributed by atoms with van der Waals surface area (Å²) in [5, 5.41) is 8.92. The van der Waals surface area contributed by atoms with Crippen molar-refractivity contribution >= 4 is 0 Å². The second-order valence-corrected chi connectivity index (χ2v) is 7.58. The molecule has 1 aliphatic rings. The van der Waals surface area contributed by atoms with Crippen LogP contribution in [0.3, 0.4) is 0 Å². The van der Waals surface area contributed by atoms with Crippen LogP contribution in [0.25, 0.3) is 11.1 Å². The molecule has 2 aromatic carbocycles. The minimum atomic E-state index is 0.685. The molecule has 0 unspecified atom stereocenters. The van der Waals surface area contributed by atoms with Gasteiger partial charge in [0.2, 0.25) is 0 Å². The average molecular weight is 364 g/mol. The van der Waals surface area contributed by atoms with Gasteiger partial charge < -0.3 is 14.5 Å². The van der Waals surface area contributed by atoms with Gasteiger partial charge >= 0.3 is 0 Å². The summed E-state index contributed by atoms with van der Waals surface area (Å²) in [7, 11) is 4.34. The predicted octanol–water partition coefficient (Wildman–Crippen LogP) is 3.94. The lowest BCUT2D eigenvalue weighted by Crippen LogP contribution is -2.32. The first kappa shape index (κ1) is 19.4. The Morgan fingerprint density at radius 1 is 1.15 bits per heavy atom. The van der Waals surface area contributed by atoms with Gasteiger partial charge in [-0.1, -0.05) is 18.2 Å². The number of likely N-dealkylation sites (tertiary alicyclic amines) is 1. The van der Waals surface area contributed by atoms with Crippen molar-refractivity contribution in [1.29, 1.82) is 5.26 Å². The highest BCUT2D eigenvalue weighted by atomic mass is 16.5. The van der Waals surface area contributed by atoms with Crippen LogP contribution in [0.4, 0.5) is 0 Å². The van der Waals surface area contributed by atoms with E-state index < -0.39 is 0 Å². The Labute approximate surface area is 163 Å². The highest BCUT2D eigenvalue weighted by Crippen LogP contribution is 2.26. The van der Waals surface area contributed by atoms with Gasteiger partial charge in [-0.2, -0.15) is 5.26 Å². The summed E-state index contributed by atoms with van der Waals surface area (Å²) in [5.74, 6) is 0.958. The minimum Gasteiger partial charge on any atom is -0.493 e. The van der Waals surface area contributed by atoms with Gasteiger partial charge in [0.05, 0.1) is 18.2 Å². The van der Waals surface area contributed by atoms with Crippen LogP contribution in [-0.4, -0.2) is 56.2 Å². The normalized spacial score (nSPS) is 17.2. The fraction of sp³-hybridized carbons (Fsp3) is 0.435. The van der Waals surface area contributed by atoms with E-state index in [-0.39, 0.29) is 0 Å². The standard InChI is InChI=1S/C23H29N3O/c1-18-15-21(20-7-5-19(16-24)6-8-20)9-10-23(18)27-14-4-12-26-13-11-22(17-26)25(2)3/h5-10,15,22H,4,11-14,17H2,1-3H3/t22-/m1/s1. The molecule has 0 spiro atoms. The second kappa shape index (κ2) is 9.03. The highest BCUT2D eigenvalue weighted by molar-refractivity contribution is 5.66. The molecule has 27 heavy (non-hydrogen) atoms. The molecule has 1 atom stereocenters. The van der Waals surface area contributed by atoms with E-state index in [9.17, 15) is 0 Å². The fourth-order valence-electron chi connectivity index (χ4n) is 3.64. The van der Waals surface area contributed by atoms with Crippen molar-refractivity contribution in [2.75, 3.05) is 40.3 Å². The number of hydrogen-bond donors (Lipinski definition) is 0. The zero-order valence-corrected chi connectivity index (χ0v) is 16.6. The Bertz CT molecular complexity index is 792. The van der Waals surface area contributed by atoms with E-state index in [2.05, 4.69) is 55.1 Å². The van der Waals surface area contributed by atoms with Gasteiger partial charge in [-0.15, -0.1) is 0 Å². The number of nitrogens with zero attached hydrogens (tertiary/aromatic N) is 3.